The number of likely N-dealkylation sites (tertiary alicyclic amines) is 1. The van der Waals surface area contributed by atoms with Gasteiger partial charge in [0.25, 0.3) is 5.91 Å². The number of aryl methyl sites for hydroxylation is 1. The van der Waals surface area contributed by atoms with E-state index in [1.54, 1.807) is 24.3 Å². The van der Waals surface area contributed by atoms with Gasteiger partial charge in [-0.1, -0.05) is 55.5 Å². The van der Waals surface area contributed by atoms with E-state index in [9.17, 15) is 19.5 Å². The minimum absolute atomic E-state index is 0.0851. The van der Waals surface area contributed by atoms with Gasteiger partial charge in [-0.15, -0.1) is 0 Å². The highest BCUT2D eigenvalue weighted by molar-refractivity contribution is 6.05. The SMILES string of the molecule is CCc1ccccc1NC(=O)CNC(=O)C1CCCN1C(=O)c1ccc2ccccc2c1O. The molecule has 0 saturated carbocycles. The number of nitrogens with zero attached hydrogens (tertiary/aromatic N) is 1. The summed E-state index contributed by atoms with van der Waals surface area (Å²) < 4.78 is 0. The zero-order chi connectivity index (χ0) is 23.4. The zero-order valence-corrected chi connectivity index (χ0v) is 18.5. The first-order chi connectivity index (χ1) is 16.0. The van der Waals surface area contributed by atoms with Gasteiger partial charge in [-0.05, 0) is 42.3 Å². The smallest absolute Gasteiger partial charge is 0.258 e. The number of anilines is 1. The summed E-state index contributed by atoms with van der Waals surface area (Å²) in [6.07, 6.45) is 1.96. The summed E-state index contributed by atoms with van der Waals surface area (Å²) >= 11 is 0. The summed E-state index contributed by atoms with van der Waals surface area (Å²) in [5.74, 6) is -1.18. The number of para-hydroxylation sites is 1. The monoisotopic (exact) mass is 445 g/mol. The molecule has 170 valence electrons. The third kappa shape index (κ3) is 4.67. The molecule has 0 aliphatic carbocycles. The number of benzene rings is 3. The lowest BCUT2D eigenvalue weighted by Crippen LogP contribution is -2.47. The van der Waals surface area contributed by atoms with Crippen molar-refractivity contribution in [3.8, 4) is 5.75 Å². The molecule has 3 amide bonds. The number of fused-ring (bicyclic) bond motifs is 1. The average molecular weight is 446 g/mol. The fourth-order valence-electron chi connectivity index (χ4n) is 4.29. The van der Waals surface area contributed by atoms with Crippen molar-refractivity contribution in [2.45, 2.75) is 32.2 Å². The molecular formula is C26H27N3O4. The largest absolute Gasteiger partial charge is 0.506 e. The van der Waals surface area contributed by atoms with E-state index in [1.165, 1.54) is 4.90 Å². The molecule has 1 fully saturated rings. The van der Waals surface area contributed by atoms with Crippen molar-refractivity contribution in [1.82, 2.24) is 10.2 Å². The van der Waals surface area contributed by atoms with Gasteiger partial charge >= 0.3 is 0 Å². The second-order valence-electron chi connectivity index (χ2n) is 8.12. The molecule has 1 saturated heterocycles. The fourth-order valence-corrected chi connectivity index (χ4v) is 4.29. The fraction of sp³-hybridized carbons (Fsp3) is 0.269. The number of hydrogen-bond donors (Lipinski definition) is 3. The minimum Gasteiger partial charge on any atom is -0.506 e. The number of hydrogen-bond acceptors (Lipinski definition) is 4. The van der Waals surface area contributed by atoms with Gasteiger partial charge in [0.1, 0.15) is 11.8 Å². The van der Waals surface area contributed by atoms with Gasteiger partial charge in [0, 0.05) is 17.6 Å². The van der Waals surface area contributed by atoms with Crippen LogP contribution in [0.25, 0.3) is 10.8 Å². The Bertz CT molecular complexity index is 1210. The summed E-state index contributed by atoms with van der Waals surface area (Å²) in [6.45, 7) is 2.24. The standard InChI is InChI=1S/C26H27N3O4/c1-2-17-8-4-6-11-21(17)28-23(30)16-27-25(32)22-12-7-15-29(22)26(33)20-14-13-18-9-3-5-10-19(18)24(20)31/h3-6,8-11,13-14,22,31H,2,7,12,15-16H2,1H3,(H,27,32)(H,28,30). The molecule has 7 heteroatoms. The molecule has 3 aromatic carbocycles. The molecule has 0 radical (unpaired) electrons. The van der Waals surface area contributed by atoms with Crippen molar-refractivity contribution in [3.63, 3.8) is 0 Å². The van der Waals surface area contributed by atoms with E-state index in [1.807, 2.05) is 43.3 Å². The summed E-state index contributed by atoms with van der Waals surface area (Å²) in [5.41, 5.74) is 1.91. The number of nitrogens with one attached hydrogen (secondary N) is 2. The van der Waals surface area contributed by atoms with E-state index in [0.29, 0.717) is 24.8 Å². The number of aromatic hydroxyl groups is 1. The highest BCUT2D eigenvalue weighted by atomic mass is 16.3. The van der Waals surface area contributed by atoms with Gasteiger partial charge in [-0.2, -0.15) is 0 Å². The lowest BCUT2D eigenvalue weighted by molar-refractivity contribution is -0.127. The molecule has 0 spiro atoms. The van der Waals surface area contributed by atoms with Crippen LogP contribution < -0.4 is 10.6 Å². The van der Waals surface area contributed by atoms with Crippen molar-refractivity contribution in [2.24, 2.45) is 0 Å². The molecule has 7 nitrogen and oxygen atoms in total. The molecule has 0 aromatic heterocycles. The first-order valence-electron chi connectivity index (χ1n) is 11.2. The van der Waals surface area contributed by atoms with E-state index in [-0.39, 0.29) is 29.7 Å². The Labute approximate surface area is 192 Å². The van der Waals surface area contributed by atoms with Gasteiger partial charge in [0.15, 0.2) is 0 Å². The van der Waals surface area contributed by atoms with Crippen LogP contribution in [0.3, 0.4) is 0 Å². The van der Waals surface area contributed by atoms with Gasteiger partial charge in [0.05, 0.1) is 12.1 Å². The summed E-state index contributed by atoms with van der Waals surface area (Å²) in [6, 6.07) is 17.5. The van der Waals surface area contributed by atoms with Crippen molar-refractivity contribution in [1.29, 1.82) is 0 Å². The highest BCUT2D eigenvalue weighted by Crippen LogP contribution is 2.31. The molecular weight excluding hydrogens is 418 g/mol. The Kier molecular flexibility index (Phi) is 6.58. The van der Waals surface area contributed by atoms with Crippen molar-refractivity contribution >= 4 is 34.2 Å². The Morgan fingerprint density at radius 1 is 1.03 bits per heavy atom. The average Bonchev–Trinajstić information content (AvgIpc) is 3.33. The second-order valence-corrected chi connectivity index (χ2v) is 8.12. The van der Waals surface area contributed by atoms with Crippen LogP contribution in [0.5, 0.6) is 5.75 Å². The van der Waals surface area contributed by atoms with Gasteiger partial charge in [0.2, 0.25) is 11.8 Å². The third-order valence-electron chi connectivity index (χ3n) is 6.04. The van der Waals surface area contributed by atoms with Gasteiger partial charge in [-0.25, -0.2) is 0 Å². The van der Waals surface area contributed by atoms with Crippen LogP contribution in [-0.4, -0.2) is 46.9 Å². The molecule has 1 aliphatic heterocycles. The molecule has 4 rings (SSSR count). The number of carbonyl (C=O) groups excluding carboxylic acids is 3. The molecule has 33 heavy (non-hydrogen) atoms. The van der Waals surface area contributed by atoms with E-state index < -0.39 is 11.9 Å². The van der Waals surface area contributed by atoms with Crippen LogP contribution in [0.2, 0.25) is 0 Å². The maximum atomic E-state index is 13.2. The minimum atomic E-state index is -0.681. The number of phenols is 1. The molecule has 3 aromatic rings. The predicted molar refractivity (Wildman–Crippen MR) is 127 cm³/mol. The first-order valence-corrected chi connectivity index (χ1v) is 11.2. The zero-order valence-electron chi connectivity index (χ0n) is 18.5. The van der Waals surface area contributed by atoms with Crippen LogP contribution in [-0.2, 0) is 16.0 Å². The summed E-state index contributed by atoms with van der Waals surface area (Å²) in [4.78, 5) is 39.8. The lowest BCUT2D eigenvalue weighted by atomic mass is 10.0. The number of carbonyl (C=O) groups is 3. The molecule has 3 N–H and O–H groups in total. The third-order valence-corrected chi connectivity index (χ3v) is 6.04. The van der Waals surface area contributed by atoms with Crippen LogP contribution in [0.15, 0.2) is 60.7 Å². The number of amides is 3. The normalized spacial score (nSPS) is 15.4. The maximum absolute atomic E-state index is 13.2. The van der Waals surface area contributed by atoms with Crippen molar-refractivity contribution in [2.75, 3.05) is 18.4 Å². The molecule has 1 heterocycles. The van der Waals surface area contributed by atoms with Crippen LogP contribution in [0.4, 0.5) is 5.69 Å². The van der Waals surface area contributed by atoms with E-state index in [0.717, 1.165) is 23.1 Å². The van der Waals surface area contributed by atoms with Crippen molar-refractivity contribution < 1.29 is 19.5 Å². The lowest BCUT2D eigenvalue weighted by Gasteiger charge is -2.24. The molecule has 1 aliphatic rings. The predicted octanol–water partition coefficient (Wildman–Crippen LogP) is 3.47. The number of rotatable bonds is 6. The Morgan fingerprint density at radius 2 is 1.79 bits per heavy atom. The topological polar surface area (TPSA) is 98.7 Å². The van der Waals surface area contributed by atoms with E-state index in [4.69, 9.17) is 0 Å². The second kappa shape index (κ2) is 9.73. The van der Waals surface area contributed by atoms with E-state index >= 15 is 0 Å². The Balaban J connectivity index is 1.41. The Morgan fingerprint density at radius 3 is 2.61 bits per heavy atom. The van der Waals surface area contributed by atoms with Crippen LogP contribution in [0, 0.1) is 0 Å². The number of phenolic OH excluding ortho intramolecular Hbond substituents is 1. The molecule has 1 unspecified atom stereocenters. The summed E-state index contributed by atoms with van der Waals surface area (Å²) in [5, 5.41) is 17.6. The van der Waals surface area contributed by atoms with Crippen LogP contribution >= 0.6 is 0 Å². The van der Waals surface area contributed by atoms with Crippen LogP contribution in [0.1, 0.15) is 35.7 Å². The highest BCUT2D eigenvalue weighted by Gasteiger charge is 2.35. The first kappa shape index (κ1) is 22.3. The molecule has 0 bridgehead atoms. The summed E-state index contributed by atoms with van der Waals surface area (Å²) in [7, 11) is 0. The Hall–Kier alpha value is -3.87. The quantitative estimate of drug-likeness (QED) is 0.541. The van der Waals surface area contributed by atoms with E-state index in [2.05, 4.69) is 10.6 Å². The maximum Gasteiger partial charge on any atom is 0.258 e. The molecule has 1 atom stereocenters. The van der Waals surface area contributed by atoms with Crippen molar-refractivity contribution in [3.05, 3.63) is 71.8 Å². The van der Waals surface area contributed by atoms with Gasteiger partial charge in [-0.3, -0.25) is 14.4 Å². The van der Waals surface area contributed by atoms with Gasteiger partial charge < -0.3 is 20.6 Å².